The zero-order chi connectivity index (χ0) is 10.1. The summed E-state index contributed by atoms with van der Waals surface area (Å²) in [5, 5.41) is 3.03. The molecule has 72 valence electrons. The van der Waals surface area contributed by atoms with Crippen LogP contribution >= 0.6 is 24.4 Å². The quantitative estimate of drug-likeness (QED) is 0.649. The third-order valence-electron chi connectivity index (χ3n) is 1.69. The molecular formula is C8H7N3OS2. The van der Waals surface area contributed by atoms with Gasteiger partial charge in [0.25, 0.3) is 4.84 Å². The maximum atomic E-state index is 5.34. The first-order valence-corrected chi connectivity index (χ1v) is 4.66. The summed E-state index contributed by atoms with van der Waals surface area (Å²) in [4.78, 5) is 3.25. The highest BCUT2D eigenvalue weighted by Gasteiger charge is 2.00. The Labute approximate surface area is 90.1 Å². The normalized spacial score (nSPS) is 10.3. The molecule has 0 saturated heterocycles. The maximum Gasteiger partial charge on any atom is 0.266 e. The average molecular weight is 225 g/mol. The molecule has 2 rings (SSSR count). The van der Waals surface area contributed by atoms with Crippen molar-refractivity contribution in [2.45, 2.75) is 0 Å². The zero-order valence-electron chi connectivity index (χ0n) is 7.03. The predicted octanol–water partition coefficient (Wildman–Crippen LogP) is 2.15. The Morgan fingerprint density at radius 2 is 2.29 bits per heavy atom. The summed E-state index contributed by atoms with van der Waals surface area (Å²) in [6.45, 7) is 0. The molecule has 0 radical (unpaired) electrons. The van der Waals surface area contributed by atoms with Crippen molar-refractivity contribution in [3.05, 3.63) is 23.0 Å². The van der Waals surface area contributed by atoms with Crippen LogP contribution in [0.25, 0.3) is 11.1 Å². The van der Waals surface area contributed by atoms with Crippen molar-refractivity contribution >= 4 is 46.3 Å². The molecule has 1 aromatic carbocycles. The largest absolute Gasteiger partial charge is 0.429 e. The van der Waals surface area contributed by atoms with Crippen LogP contribution in [0.5, 0.6) is 0 Å². The smallest absolute Gasteiger partial charge is 0.266 e. The fraction of sp³-hybridized carbons (Fsp3) is 0. The highest BCUT2D eigenvalue weighted by Crippen LogP contribution is 2.18. The van der Waals surface area contributed by atoms with E-state index in [0.29, 0.717) is 10.4 Å². The lowest BCUT2D eigenvalue weighted by Gasteiger charge is -2.01. The van der Waals surface area contributed by atoms with E-state index < -0.39 is 0 Å². The van der Waals surface area contributed by atoms with Crippen molar-refractivity contribution in [2.75, 3.05) is 5.32 Å². The standard InChI is InChI=1S/C8H7N3OS2/c9-7(13)10-4-1-2-5-6(3-4)12-8(14)11-5/h1-3H,(H,11,14)(H3,9,10,13). The second kappa shape index (κ2) is 3.39. The maximum absolute atomic E-state index is 5.34. The van der Waals surface area contributed by atoms with E-state index in [1.807, 2.05) is 12.1 Å². The van der Waals surface area contributed by atoms with Gasteiger partial charge in [-0.2, -0.15) is 0 Å². The highest BCUT2D eigenvalue weighted by molar-refractivity contribution is 7.80. The van der Waals surface area contributed by atoms with Gasteiger partial charge in [-0.05, 0) is 36.6 Å². The molecule has 0 amide bonds. The molecule has 0 spiro atoms. The molecule has 0 aliphatic rings. The molecule has 1 heterocycles. The van der Waals surface area contributed by atoms with Crippen molar-refractivity contribution in [1.82, 2.24) is 4.98 Å². The lowest BCUT2D eigenvalue weighted by atomic mass is 10.3. The summed E-state index contributed by atoms with van der Waals surface area (Å²) in [5.41, 5.74) is 7.64. The lowest BCUT2D eigenvalue weighted by Crippen LogP contribution is -2.18. The molecule has 0 saturated carbocycles. The van der Waals surface area contributed by atoms with E-state index in [1.54, 1.807) is 6.07 Å². The van der Waals surface area contributed by atoms with E-state index in [9.17, 15) is 0 Å². The van der Waals surface area contributed by atoms with Crippen molar-refractivity contribution in [2.24, 2.45) is 5.73 Å². The number of nitrogens with two attached hydrogens (primary N) is 1. The van der Waals surface area contributed by atoms with Crippen LogP contribution in [0, 0.1) is 4.84 Å². The fourth-order valence-corrected chi connectivity index (χ4v) is 1.48. The fourth-order valence-electron chi connectivity index (χ4n) is 1.17. The van der Waals surface area contributed by atoms with E-state index in [-0.39, 0.29) is 5.11 Å². The van der Waals surface area contributed by atoms with Gasteiger partial charge in [0.05, 0.1) is 5.52 Å². The topological polar surface area (TPSA) is 67.0 Å². The SMILES string of the molecule is NC(=S)Nc1ccc2[nH]c(=S)oc2c1. The number of aromatic nitrogens is 1. The minimum Gasteiger partial charge on any atom is -0.429 e. The van der Waals surface area contributed by atoms with Gasteiger partial charge < -0.3 is 20.5 Å². The van der Waals surface area contributed by atoms with Gasteiger partial charge in [-0.15, -0.1) is 0 Å². The molecule has 4 nitrogen and oxygen atoms in total. The van der Waals surface area contributed by atoms with Crippen molar-refractivity contribution < 1.29 is 4.42 Å². The van der Waals surface area contributed by atoms with Crippen LogP contribution < -0.4 is 11.1 Å². The lowest BCUT2D eigenvalue weighted by molar-refractivity contribution is 0.583. The van der Waals surface area contributed by atoms with Gasteiger partial charge in [-0.3, -0.25) is 0 Å². The van der Waals surface area contributed by atoms with E-state index in [4.69, 9.17) is 34.6 Å². The van der Waals surface area contributed by atoms with Gasteiger partial charge in [-0.25, -0.2) is 0 Å². The number of oxazole rings is 1. The van der Waals surface area contributed by atoms with Crippen molar-refractivity contribution in [1.29, 1.82) is 0 Å². The zero-order valence-corrected chi connectivity index (χ0v) is 8.67. The van der Waals surface area contributed by atoms with Crippen LogP contribution in [0.15, 0.2) is 22.6 Å². The minimum atomic E-state index is 0.221. The Bertz CT molecular complexity index is 543. The molecule has 14 heavy (non-hydrogen) atoms. The van der Waals surface area contributed by atoms with Crippen LogP contribution in [0.3, 0.4) is 0 Å². The van der Waals surface area contributed by atoms with Crippen LogP contribution in [-0.4, -0.2) is 10.1 Å². The van der Waals surface area contributed by atoms with Gasteiger partial charge in [0, 0.05) is 11.8 Å². The van der Waals surface area contributed by atoms with Crippen LogP contribution in [0.1, 0.15) is 0 Å². The molecule has 2 aromatic rings. The molecule has 0 bridgehead atoms. The summed E-state index contributed by atoms with van der Waals surface area (Å²) in [6, 6.07) is 5.46. The Morgan fingerprint density at radius 3 is 3.00 bits per heavy atom. The third-order valence-corrected chi connectivity index (χ3v) is 1.98. The van der Waals surface area contributed by atoms with Crippen LogP contribution in [0.4, 0.5) is 5.69 Å². The number of hydrogen-bond acceptors (Lipinski definition) is 3. The van der Waals surface area contributed by atoms with Gasteiger partial charge in [0.2, 0.25) is 0 Å². The number of benzene rings is 1. The van der Waals surface area contributed by atoms with Crippen molar-refractivity contribution in [3.63, 3.8) is 0 Å². The van der Waals surface area contributed by atoms with Crippen LogP contribution in [-0.2, 0) is 0 Å². The molecular weight excluding hydrogens is 218 g/mol. The van der Waals surface area contributed by atoms with E-state index >= 15 is 0 Å². The molecule has 4 N–H and O–H groups in total. The molecule has 0 aliphatic heterocycles. The summed E-state index contributed by atoms with van der Waals surface area (Å²) < 4.78 is 5.23. The summed E-state index contributed by atoms with van der Waals surface area (Å²) in [7, 11) is 0. The summed E-state index contributed by atoms with van der Waals surface area (Å²) >= 11 is 9.56. The first-order chi connectivity index (χ1) is 6.65. The first-order valence-electron chi connectivity index (χ1n) is 3.84. The number of hydrogen-bond donors (Lipinski definition) is 3. The molecule has 1 aromatic heterocycles. The third kappa shape index (κ3) is 1.75. The second-order valence-corrected chi connectivity index (χ2v) is 3.53. The Morgan fingerprint density at radius 1 is 1.50 bits per heavy atom. The van der Waals surface area contributed by atoms with E-state index in [2.05, 4.69) is 10.3 Å². The summed E-state index contributed by atoms with van der Waals surface area (Å²) in [6.07, 6.45) is 0. The summed E-state index contributed by atoms with van der Waals surface area (Å²) in [5.74, 6) is 0. The average Bonchev–Trinajstić information content (AvgIpc) is 2.42. The number of aromatic amines is 1. The van der Waals surface area contributed by atoms with Gasteiger partial charge in [-0.1, -0.05) is 0 Å². The van der Waals surface area contributed by atoms with Gasteiger partial charge in [0.15, 0.2) is 10.7 Å². The van der Waals surface area contributed by atoms with Crippen LogP contribution in [0.2, 0.25) is 0 Å². The Kier molecular flexibility index (Phi) is 2.22. The van der Waals surface area contributed by atoms with E-state index in [1.165, 1.54) is 0 Å². The predicted molar refractivity (Wildman–Crippen MR) is 61.8 cm³/mol. The number of anilines is 1. The number of fused-ring (bicyclic) bond motifs is 1. The molecule has 0 unspecified atom stereocenters. The molecule has 0 aliphatic carbocycles. The first kappa shape index (κ1) is 9.17. The number of nitrogens with one attached hydrogen (secondary N) is 2. The Hall–Kier alpha value is -1.40. The molecule has 6 heteroatoms. The Balaban J connectivity index is 2.50. The van der Waals surface area contributed by atoms with Gasteiger partial charge in [0.1, 0.15) is 0 Å². The number of rotatable bonds is 1. The second-order valence-electron chi connectivity index (χ2n) is 2.71. The number of H-pyrrole nitrogens is 1. The molecule has 0 atom stereocenters. The molecule has 0 fully saturated rings. The van der Waals surface area contributed by atoms with E-state index in [0.717, 1.165) is 11.2 Å². The monoisotopic (exact) mass is 225 g/mol. The minimum absolute atomic E-state index is 0.221. The number of thiocarbonyl (C=S) groups is 1. The van der Waals surface area contributed by atoms with Gasteiger partial charge >= 0.3 is 0 Å². The van der Waals surface area contributed by atoms with Crippen molar-refractivity contribution in [3.8, 4) is 0 Å². The highest BCUT2D eigenvalue weighted by atomic mass is 32.1.